The minimum Gasteiger partial charge on any atom is -0.394 e. The van der Waals surface area contributed by atoms with Gasteiger partial charge >= 0.3 is 0 Å². The maximum atomic E-state index is 6.41. The van der Waals surface area contributed by atoms with E-state index < -0.39 is 0 Å². The fourth-order valence-electron chi connectivity index (χ4n) is 2.76. The van der Waals surface area contributed by atoms with E-state index in [-0.39, 0.29) is 0 Å². The van der Waals surface area contributed by atoms with Gasteiger partial charge in [0, 0.05) is 29.2 Å². The van der Waals surface area contributed by atoms with Gasteiger partial charge in [0.05, 0.1) is 5.52 Å². The third-order valence-corrected chi connectivity index (χ3v) is 5.16. The lowest BCUT2D eigenvalue weighted by Crippen LogP contribution is -2.14. The maximum absolute atomic E-state index is 6.41. The number of para-hydroxylation sites is 2. The van der Waals surface area contributed by atoms with Crippen LogP contribution in [0.1, 0.15) is 0 Å². The van der Waals surface area contributed by atoms with E-state index in [2.05, 4.69) is 15.0 Å². The van der Waals surface area contributed by atoms with E-state index in [1.807, 2.05) is 72.6 Å². The highest BCUT2D eigenvalue weighted by molar-refractivity contribution is 7.99. The predicted molar refractivity (Wildman–Crippen MR) is 107 cm³/mol. The Labute approximate surface area is 155 Å². The van der Waals surface area contributed by atoms with Gasteiger partial charge in [-0.2, -0.15) is 0 Å². The second kappa shape index (κ2) is 7.01. The molecule has 4 aromatic rings. The zero-order valence-electron chi connectivity index (χ0n) is 14.2. The minimum absolute atomic E-state index is 0.553. The molecule has 0 saturated carbocycles. The van der Waals surface area contributed by atoms with Gasteiger partial charge in [-0.25, -0.2) is 9.97 Å². The molecule has 0 amide bonds. The number of rotatable bonds is 4. The number of fused-ring (bicyclic) bond motifs is 1. The number of nitrogen functional groups attached to an aromatic ring is 1. The van der Waals surface area contributed by atoms with Crippen LogP contribution in [-0.4, -0.2) is 22.0 Å². The standard InChI is InChI=1S/C20H17N5S/c1-25(15-9-3-2-4-10-15)19-17(21)20(24-13-23-19)26-16-11-5-7-14-8-6-12-22-18(14)16/h2-13H,21H2,1H3. The third-order valence-electron chi connectivity index (χ3n) is 4.09. The van der Waals surface area contributed by atoms with Crippen LogP contribution in [0.3, 0.4) is 0 Å². The molecule has 128 valence electrons. The zero-order valence-corrected chi connectivity index (χ0v) is 15.0. The number of aromatic nitrogens is 3. The van der Waals surface area contributed by atoms with Crippen LogP contribution in [-0.2, 0) is 0 Å². The van der Waals surface area contributed by atoms with Crippen LogP contribution in [0.4, 0.5) is 17.2 Å². The molecule has 2 aromatic carbocycles. The first-order valence-electron chi connectivity index (χ1n) is 8.15. The quantitative estimate of drug-likeness (QED) is 0.540. The lowest BCUT2D eigenvalue weighted by molar-refractivity contribution is 1.02. The highest BCUT2D eigenvalue weighted by Crippen LogP contribution is 2.38. The van der Waals surface area contributed by atoms with E-state index in [0.29, 0.717) is 11.5 Å². The Balaban J connectivity index is 1.72. The fourth-order valence-corrected chi connectivity index (χ4v) is 3.68. The Hall–Kier alpha value is -3.12. The molecule has 2 N–H and O–H groups in total. The highest BCUT2D eigenvalue weighted by atomic mass is 32.2. The molecule has 0 aliphatic rings. The van der Waals surface area contributed by atoms with Crippen molar-refractivity contribution >= 4 is 39.9 Å². The average molecular weight is 359 g/mol. The summed E-state index contributed by atoms with van der Waals surface area (Å²) in [6.07, 6.45) is 3.34. The fraction of sp³-hybridized carbons (Fsp3) is 0.0500. The van der Waals surface area contributed by atoms with Gasteiger partial charge in [-0.1, -0.05) is 48.2 Å². The summed E-state index contributed by atoms with van der Waals surface area (Å²) in [5, 5.41) is 1.81. The molecule has 6 heteroatoms. The summed E-state index contributed by atoms with van der Waals surface area (Å²) >= 11 is 1.51. The first kappa shape index (κ1) is 16.4. The normalized spacial score (nSPS) is 10.8. The molecule has 0 atom stereocenters. The Morgan fingerprint density at radius 1 is 0.885 bits per heavy atom. The smallest absolute Gasteiger partial charge is 0.160 e. The van der Waals surface area contributed by atoms with Gasteiger partial charge in [-0.15, -0.1) is 0 Å². The minimum atomic E-state index is 0.553. The van der Waals surface area contributed by atoms with Crippen molar-refractivity contribution in [1.82, 2.24) is 15.0 Å². The molecule has 4 rings (SSSR count). The van der Waals surface area contributed by atoms with Crippen molar-refractivity contribution in [2.75, 3.05) is 17.7 Å². The van der Waals surface area contributed by atoms with Crippen LogP contribution in [0.25, 0.3) is 10.9 Å². The topological polar surface area (TPSA) is 67.9 Å². The zero-order chi connectivity index (χ0) is 17.9. The van der Waals surface area contributed by atoms with Crippen molar-refractivity contribution in [3.63, 3.8) is 0 Å². The Morgan fingerprint density at radius 3 is 2.54 bits per heavy atom. The molecule has 0 fully saturated rings. The first-order chi connectivity index (χ1) is 12.7. The summed E-state index contributed by atoms with van der Waals surface area (Å²) < 4.78 is 0. The van der Waals surface area contributed by atoms with Crippen LogP contribution in [0.5, 0.6) is 0 Å². The van der Waals surface area contributed by atoms with Crippen molar-refractivity contribution in [2.24, 2.45) is 0 Å². The lowest BCUT2D eigenvalue weighted by Gasteiger charge is -2.20. The van der Waals surface area contributed by atoms with Crippen LogP contribution >= 0.6 is 11.8 Å². The Kier molecular flexibility index (Phi) is 4.41. The van der Waals surface area contributed by atoms with Crippen molar-refractivity contribution in [3.05, 3.63) is 73.2 Å². The van der Waals surface area contributed by atoms with Gasteiger partial charge in [0.25, 0.3) is 0 Å². The van der Waals surface area contributed by atoms with Crippen molar-refractivity contribution < 1.29 is 0 Å². The van der Waals surface area contributed by atoms with E-state index in [0.717, 1.165) is 26.5 Å². The maximum Gasteiger partial charge on any atom is 0.160 e. The molecule has 0 aliphatic carbocycles. The van der Waals surface area contributed by atoms with Crippen molar-refractivity contribution in [1.29, 1.82) is 0 Å². The molecule has 0 bridgehead atoms. The SMILES string of the molecule is CN(c1ccccc1)c1ncnc(Sc2cccc3cccnc23)c1N. The number of hydrogen-bond donors (Lipinski definition) is 1. The van der Waals surface area contributed by atoms with Crippen LogP contribution < -0.4 is 10.6 Å². The summed E-state index contributed by atoms with van der Waals surface area (Å²) in [5.74, 6) is 0.682. The third kappa shape index (κ3) is 3.07. The van der Waals surface area contributed by atoms with E-state index >= 15 is 0 Å². The van der Waals surface area contributed by atoms with E-state index in [1.165, 1.54) is 11.8 Å². The van der Waals surface area contributed by atoms with Gasteiger partial charge in [0.1, 0.15) is 17.0 Å². The van der Waals surface area contributed by atoms with E-state index in [9.17, 15) is 0 Å². The summed E-state index contributed by atoms with van der Waals surface area (Å²) in [7, 11) is 1.95. The number of pyridine rings is 1. The average Bonchev–Trinajstić information content (AvgIpc) is 2.70. The van der Waals surface area contributed by atoms with Crippen molar-refractivity contribution in [3.8, 4) is 0 Å². The molecule has 0 saturated heterocycles. The van der Waals surface area contributed by atoms with E-state index in [1.54, 1.807) is 12.5 Å². The number of benzene rings is 2. The molecular formula is C20H17N5S. The van der Waals surface area contributed by atoms with Gasteiger partial charge < -0.3 is 10.6 Å². The Bertz CT molecular complexity index is 1050. The molecule has 0 spiro atoms. The number of nitrogens with zero attached hydrogens (tertiary/aromatic N) is 4. The lowest BCUT2D eigenvalue weighted by atomic mass is 10.2. The predicted octanol–water partition coefficient (Wildman–Crippen LogP) is 4.53. The monoisotopic (exact) mass is 359 g/mol. The van der Waals surface area contributed by atoms with Gasteiger partial charge in [-0.05, 0) is 24.3 Å². The van der Waals surface area contributed by atoms with Gasteiger partial charge in [0.15, 0.2) is 5.82 Å². The van der Waals surface area contributed by atoms with E-state index in [4.69, 9.17) is 5.73 Å². The number of nitrogens with two attached hydrogens (primary N) is 1. The summed E-state index contributed by atoms with van der Waals surface area (Å²) in [4.78, 5) is 16.2. The molecule has 0 unspecified atom stereocenters. The molecule has 26 heavy (non-hydrogen) atoms. The number of anilines is 3. The van der Waals surface area contributed by atoms with Gasteiger partial charge in [-0.3, -0.25) is 4.98 Å². The van der Waals surface area contributed by atoms with Crippen LogP contribution in [0.2, 0.25) is 0 Å². The molecule has 2 aromatic heterocycles. The molecular weight excluding hydrogens is 342 g/mol. The van der Waals surface area contributed by atoms with Crippen LogP contribution in [0, 0.1) is 0 Å². The second-order valence-electron chi connectivity index (χ2n) is 5.74. The van der Waals surface area contributed by atoms with Crippen LogP contribution in [0.15, 0.2) is 83.1 Å². The molecule has 0 aliphatic heterocycles. The summed E-state index contributed by atoms with van der Waals surface area (Å²) in [6.45, 7) is 0. The number of hydrogen-bond acceptors (Lipinski definition) is 6. The first-order valence-corrected chi connectivity index (χ1v) is 8.96. The molecule has 0 radical (unpaired) electrons. The Morgan fingerprint density at radius 2 is 1.69 bits per heavy atom. The summed E-state index contributed by atoms with van der Waals surface area (Å²) in [6, 6.07) is 20.1. The molecule has 5 nitrogen and oxygen atoms in total. The largest absolute Gasteiger partial charge is 0.394 e. The molecule has 2 heterocycles. The summed E-state index contributed by atoms with van der Waals surface area (Å²) in [5.41, 5.74) is 8.91. The highest BCUT2D eigenvalue weighted by Gasteiger charge is 2.15. The van der Waals surface area contributed by atoms with Gasteiger partial charge in [0.2, 0.25) is 0 Å². The van der Waals surface area contributed by atoms with Crippen molar-refractivity contribution in [2.45, 2.75) is 9.92 Å². The second-order valence-corrected chi connectivity index (χ2v) is 6.77.